The number of unbranched alkanes of at least 4 members (excludes halogenated alkanes) is 28. The van der Waals surface area contributed by atoms with Crippen LogP contribution in [-0.2, 0) is 9.59 Å². The molecule has 394 valence electrons. The summed E-state index contributed by atoms with van der Waals surface area (Å²) in [7, 11) is 0. The lowest BCUT2D eigenvalue weighted by Crippen LogP contribution is -2.30. The zero-order chi connectivity index (χ0) is 48.3. The zero-order valence-corrected chi connectivity index (χ0v) is 46.5. The van der Waals surface area contributed by atoms with E-state index in [2.05, 4.69) is 62.7 Å². The molecule has 69 heavy (non-hydrogen) atoms. The summed E-state index contributed by atoms with van der Waals surface area (Å²) in [6.07, 6.45) is 53.7. The Morgan fingerprint density at radius 1 is 0.362 bits per heavy atom. The lowest BCUT2D eigenvalue weighted by molar-refractivity contribution is -0.124. The normalized spacial score (nSPS) is 14.7. The van der Waals surface area contributed by atoms with Crippen LogP contribution < -0.4 is 0 Å². The van der Waals surface area contributed by atoms with Crippen molar-refractivity contribution in [3.8, 4) is 0 Å². The molecule has 0 bridgehead atoms. The summed E-state index contributed by atoms with van der Waals surface area (Å²) in [5, 5.41) is 4.19. The van der Waals surface area contributed by atoms with Crippen molar-refractivity contribution in [2.24, 2.45) is 11.8 Å². The average molecular weight is 990 g/mol. The van der Waals surface area contributed by atoms with Crippen molar-refractivity contribution in [3.05, 3.63) is 55.9 Å². The topological polar surface area (TPSA) is 40.6 Å². The molecule has 0 saturated heterocycles. The van der Waals surface area contributed by atoms with Gasteiger partial charge in [-0.05, 0) is 47.6 Å². The lowest BCUT2D eigenvalue weighted by atomic mass is 9.89. The van der Waals surface area contributed by atoms with Gasteiger partial charge in [-0.2, -0.15) is 0 Å². The summed E-state index contributed by atoms with van der Waals surface area (Å²) < 4.78 is 0. The first-order valence-corrected chi connectivity index (χ1v) is 31.5. The van der Waals surface area contributed by atoms with Gasteiger partial charge in [0.25, 0.3) is 11.8 Å². The van der Waals surface area contributed by atoms with Crippen molar-refractivity contribution in [1.29, 1.82) is 0 Å². The first kappa shape index (κ1) is 61.1. The quantitative estimate of drug-likeness (QED) is 0.0620. The third kappa shape index (κ3) is 23.1. The van der Waals surface area contributed by atoms with Crippen LogP contribution in [0.4, 0.5) is 0 Å². The van der Waals surface area contributed by atoms with Gasteiger partial charge in [0.1, 0.15) is 0 Å². The van der Waals surface area contributed by atoms with Crippen LogP contribution >= 0.6 is 22.7 Å². The van der Waals surface area contributed by atoms with Crippen LogP contribution in [0.5, 0.6) is 0 Å². The van der Waals surface area contributed by atoms with Crippen LogP contribution in [0.15, 0.2) is 46.2 Å². The molecule has 4 rings (SSSR count). The SMILES string of the molecule is C.CCCCCCCCCCC(CCCCCCCC)CCCCCN1C(=O)C2=C(c3cccs3)N(CCCCCC(CCCCCCCC)CCCCCCCCCC)C(=O)C2=C1c1cccs1. The third-order valence-electron chi connectivity index (χ3n) is 15.5. The predicted octanol–water partition coefficient (Wildman–Crippen LogP) is 21.2. The van der Waals surface area contributed by atoms with Gasteiger partial charge < -0.3 is 9.80 Å². The van der Waals surface area contributed by atoms with Crippen LogP contribution in [0.25, 0.3) is 11.4 Å². The van der Waals surface area contributed by atoms with E-state index in [9.17, 15) is 9.59 Å². The second-order valence-corrected chi connectivity index (χ2v) is 23.3. The molecule has 2 aliphatic rings. The molecule has 2 aromatic heterocycles. The number of fused-ring (bicyclic) bond motifs is 1. The fourth-order valence-electron chi connectivity index (χ4n) is 11.3. The molecule has 0 N–H and O–H groups in total. The molecule has 0 spiro atoms. The Morgan fingerprint density at radius 3 is 0.855 bits per heavy atom. The van der Waals surface area contributed by atoms with Crippen molar-refractivity contribution in [1.82, 2.24) is 9.80 Å². The average Bonchev–Trinajstić information content (AvgIpc) is 4.17. The lowest BCUT2D eigenvalue weighted by Gasteiger charge is -2.24. The number of nitrogens with zero attached hydrogens (tertiary/aromatic N) is 2. The Morgan fingerprint density at radius 2 is 0.609 bits per heavy atom. The Labute approximate surface area is 435 Å². The monoisotopic (exact) mass is 989 g/mol. The predicted molar refractivity (Wildman–Crippen MR) is 307 cm³/mol. The van der Waals surface area contributed by atoms with Crippen LogP contribution in [0, 0.1) is 11.8 Å². The van der Waals surface area contributed by atoms with E-state index in [1.54, 1.807) is 22.7 Å². The number of amides is 2. The maximum absolute atomic E-state index is 14.8. The van der Waals surface area contributed by atoms with Gasteiger partial charge in [0, 0.05) is 13.1 Å². The first-order chi connectivity index (χ1) is 33.5. The van der Waals surface area contributed by atoms with Crippen LogP contribution in [-0.4, -0.2) is 34.7 Å². The molecule has 0 radical (unpaired) electrons. The van der Waals surface area contributed by atoms with E-state index in [0.717, 1.165) is 58.7 Å². The van der Waals surface area contributed by atoms with E-state index in [1.807, 2.05) is 9.80 Å². The van der Waals surface area contributed by atoms with Gasteiger partial charge in [0.2, 0.25) is 0 Å². The molecule has 2 aromatic rings. The maximum atomic E-state index is 14.8. The standard InChI is InChI=1S/C62H104N2O2S2.CH4/c1-5-9-13-17-21-23-27-33-43-53(41-31-25-19-15-11-7-3)45-35-29-37-49-63-59(55-47-39-51-67-55)57-58(61(63)65)60(56-48-40-52-68-56)64(62(57)66)50-38-30-36-46-54(42-32-26-20-16-12-8-4)44-34-28-24-22-18-14-10-6-2;/h39-40,47-48,51-54H,5-38,41-46,49-50H2,1-4H3;1H4. The molecular formula is C63H108N2O2S2. The van der Waals surface area contributed by atoms with Crippen molar-refractivity contribution >= 4 is 45.9 Å². The van der Waals surface area contributed by atoms with Crippen molar-refractivity contribution in [2.45, 2.75) is 292 Å². The van der Waals surface area contributed by atoms with Gasteiger partial charge in [-0.3, -0.25) is 9.59 Å². The fraction of sp³-hybridized carbons (Fsp3) is 0.778. The van der Waals surface area contributed by atoms with E-state index < -0.39 is 0 Å². The Hall–Kier alpha value is -2.18. The van der Waals surface area contributed by atoms with Crippen molar-refractivity contribution in [2.75, 3.05) is 13.1 Å². The fourth-order valence-corrected chi connectivity index (χ4v) is 12.9. The summed E-state index contributed by atoms with van der Waals surface area (Å²) in [5.74, 6) is 1.76. The number of hydrogen-bond acceptors (Lipinski definition) is 4. The second-order valence-electron chi connectivity index (χ2n) is 21.4. The zero-order valence-electron chi connectivity index (χ0n) is 44.8. The number of carbonyl (C=O) groups excluding carboxylic acids is 2. The summed E-state index contributed by atoms with van der Waals surface area (Å²) in [6.45, 7) is 10.6. The van der Waals surface area contributed by atoms with Crippen LogP contribution in [0.2, 0.25) is 0 Å². The Kier molecular flexibility index (Phi) is 34.9. The van der Waals surface area contributed by atoms with E-state index in [0.29, 0.717) is 24.2 Å². The molecule has 2 atom stereocenters. The van der Waals surface area contributed by atoms with E-state index >= 15 is 0 Å². The largest absolute Gasteiger partial charge is 0.306 e. The minimum atomic E-state index is 0. The highest BCUT2D eigenvalue weighted by atomic mass is 32.1. The van der Waals surface area contributed by atoms with Gasteiger partial charge in [0.15, 0.2) is 0 Å². The number of hydrogen-bond donors (Lipinski definition) is 0. The second kappa shape index (κ2) is 39.4. The van der Waals surface area contributed by atoms with Crippen LogP contribution in [0.3, 0.4) is 0 Å². The van der Waals surface area contributed by atoms with Crippen molar-refractivity contribution < 1.29 is 9.59 Å². The summed E-state index contributed by atoms with van der Waals surface area (Å²) in [4.78, 5) is 35.6. The van der Waals surface area contributed by atoms with Crippen molar-refractivity contribution in [3.63, 3.8) is 0 Å². The number of thiophene rings is 2. The molecule has 0 aliphatic carbocycles. The van der Waals surface area contributed by atoms with Gasteiger partial charge >= 0.3 is 0 Å². The number of rotatable bonds is 46. The summed E-state index contributed by atoms with van der Waals surface area (Å²) in [5.41, 5.74) is 3.07. The summed E-state index contributed by atoms with van der Waals surface area (Å²) in [6, 6.07) is 8.37. The molecule has 4 nitrogen and oxygen atoms in total. The minimum Gasteiger partial charge on any atom is -0.306 e. The molecule has 2 unspecified atom stereocenters. The minimum absolute atomic E-state index is 0. The molecule has 2 aliphatic heterocycles. The molecule has 0 saturated carbocycles. The molecule has 0 fully saturated rings. The first-order valence-electron chi connectivity index (χ1n) is 29.8. The number of carbonyl (C=O) groups is 2. The van der Waals surface area contributed by atoms with E-state index in [4.69, 9.17) is 0 Å². The van der Waals surface area contributed by atoms with E-state index in [-0.39, 0.29) is 19.2 Å². The Bertz CT molecular complexity index is 1500. The highest BCUT2D eigenvalue weighted by Gasteiger charge is 2.49. The maximum Gasteiger partial charge on any atom is 0.261 e. The van der Waals surface area contributed by atoms with E-state index in [1.165, 1.54) is 231 Å². The van der Waals surface area contributed by atoms with Gasteiger partial charge in [0.05, 0.1) is 32.3 Å². The molecule has 6 heteroatoms. The molecule has 0 aromatic carbocycles. The molecule has 2 amide bonds. The van der Waals surface area contributed by atoms with Gasteiger partial charge in [-0.1, -0.05) is 291 Å². The molecule has 4 heterocycles. The van der Waals surface area contributed by atoms with Crippen LogP contribution in [0.1, 0.15) is 302 Å². The third-order valence-corrected chi connectivity index (χ3v) is 17.3. The Balaban J connectivity index is 0.0000126. The smallest absolute Gasteiger partial charge is 0.261 e. The summed E-state index contributed by atoms with van der Waals surface area (Å²) >= 11 is 3.32. The van der Waals surface area contributed by atoms with Gasteiger partial charge in [-0.15, -0.1) is 22.7 Å². The highest BCUT2D eigenvalue weighted by Crippen LogP contribution is 2.48. The molecular weight excluding hydrogens is 881 g/mol. The highest BCUT2D eigenvalue weighted by molar-refractivity contribution is 7.11. The van der Waals surface area contributed by atoms with Gasteiger partial charge in [-0.25, -0.2) is 0 Å².